The molecule has 4 rings (SSSR count). The van der Waals surface area contributed by atoms with Gasteiger partial charge < -0.3 is 14.3 Å². The zero-order chi connectivity index (χ0) is 18.1. The number of hydrogen-bond donors (Lipinski definition) is 1. The average molecular weight is 430 g/mol. The Hall–Kier alpha value is -2.71. The van der Waals surface area contributed by atoms with Gasteiger partial charge >= 0.3 is 0 Å². The number of rotatable bonds is 4. The first-order chi connectivity index (χ1) is 12.6. The summed E-state index contributed by atoms with van der Waals surface area (Å²) in [7, 11) is 0. The summed E-state index contributed by atoms with van der Waals surface area (Å²) in [6, 6.07) is 12.7. The molecule has 1 N–H and O–H groups in total. The van der Waals surface area contributed by atoms with E-state index in [9.17, 15) is 9.59 Å². The lowest BCUT2D eigenvalue weighted by molar-refractivity contribution is -0.116. The highest BCUT2D eigenvalue weighted by molar-refractivity contribution is 9.10. The van der Waals surface area contributed by atoms with Gasteiger partial charge in [0.2, 0.25) is 5.91 Å². The molecule has 1 amide bonds. The van der Waals surface area contributed by atoms with Crippen LogP contribution in [0.15, 0.2) is 67.7 Å². The van der Waals surface area contributed by atoms with Gasteiger partial charge in [0.1, 0.15) is 17.8 Å². The quantitative estimate of drug-likeness (QED) is 0.529. The summed E-state index contributed by atoms with van der Waals surface area (Å²) in [4.78, 5) is 28.4. The summed E-state index contributed by atoms with van der Waals surface area (Å²) in [6.07, 6.45) is 1.57. The topological polar surface area (TPSA) is 77.1 Å². The van der Waals surface area contributed by atoms with E-state index in [1.54, 1.807) is 12.3 Å². The van der Waals surface area contributed by atoms with Crippen molar-refractivity contribution >= 4 is 49.3 Å². The lowest BCUT2D eigenvalue weighted by Gasteiger charge is -2.05. The Morgan fingerprint density at radius 1 is 1.27 bits per heavy atom. The molecular weight excluding hydrogens is 418 g/mol. The number of furan rings is 1. The molecule has 0 aliphatic heterocycles. The molecule has 0 radical (unpaired) electrons. The van der Waals surface area contributed by atoms with E-state index in [4.69, 9.17) is 4.42 Å². The van der Waals surface area contributed by atoms with Crippen LogP contribution < -0.4 is 10.9 Å². The fourth-order valence-corrected chi connectivity index (χ4v) is 3.59. The van der Waals surface area contributed by atoms with Crippen LogP contribution in [0, 0.1) is 0 Å². The fraction of sp³-hybridized carbons (Fsp3) is 0.0556. The number of amides is 1. The minimum Gasteiger partial charge on any atom is -0.454 e. The van der Waals surface area contributed by atoms with Crippen LogP contribution in [-0.4, -0.2) is 15.5 Å². The van der Waals surface area contributed by atoms with E-state index in [-0.39, 0.29) is 18.0 Å². The number of hydrogen-bond acceptors (Lipinski definition) is 5. The van der Waals surface area contributed by atoms with E-state index < -0.39 is 0 Å². The smallest absolute Gasteiger partial charge is 0.251 e. The molecule has 26 heavy (non-hydrogen) atoms. The molecule has 0 saturated carbocycles. The Morgan fingerprint density at radius 3 is 2.96 bits per heavy atom. The van der Waals surface area contributed by atoms with Crippen molar-refractivity contribution in [3.63, 3.8) is 0 Å². The number of carbonyl (C=O) groups is 1. The first-order valence-electron chi connectivity index (χ1n) is 7.69. The highest BCUT2D eigenvalue weighted by Gasteiger charge is 2.12. The van der Waals surface area contributed by atoms with E-state index in [1.165, 1.54) is 22.0 Å². The highest BCUT2D eigenvalue weighted by Crippen LogP contribution is 2.30. The minimum atomic E-state index is -0.323. The van der Waals surface area contributed by atoms with Gasteiger partial charge in [0.05, 0.1) is 0 Å². The monoisotopic (exact) mass is 429 g/mol. The van der Waals surface area contributed by atoms with Crippen LogP contribution in [0.2, 0.25) is 0 Å². The molecule has 8 heteroatoms. The maximum atomic E-state index is 12.2. The zero-order valence-electron chi connectivity index (χ0n) is 13.3. The minimum absolute atomic E-state index is 0.0855. The number of anilines is 1. The third kappa shape index (κ3) is 3.47. The number of fused-ring (bicyclic) bond motifs is 1. The van der Waals surface area contributed by atoms with Crippen LogP contribution in [0.3, 0.4) is 0 Å². The Labute approximate surface area is 160 Å². The van der Waals surface area contributed by atoms with Gasteiger partial charge in [0.15, 0.2) is 10.9 Å². The van der Waals surface area contributed by atoms with E-state index in [1.807, 2.05) is 35.7 Å². The Balaban J connectivity index is 1.50. The molecule has 0 bridgehead atoms. The van der Waals surface area contributed by atoms with Gasteiger partial charge in [-0.15, -0.1) is 11.3 Å². The molecule has 0 fully saturated rings. The average Bonchev–Trinajstić information content (AvgIpc) is 3.24. The Bertz CT molecular complexity index is 1130. The van der Waals surface area contributed by atoms with Crippen molar-refractivity contribution in [1.82, 2.24) is 9.55 Å². The van der Waals surface area contributed by atoms with Crippen molar-refractivity contribution in [3.05, 3.63) is 68.9 Å². The number of aromatic nitrogens is 2. The molecule has 0 aliphatic carbocycles. The number of halogens is 1. The SMILES string of the molecule is O=C(Cn1cc(Br)ccc1=O)Nc1nc(-c2cc3ccccc3o2)cs1. The molecule has 3 aromatic heterocycles. The maximum Gasteiger partial charge on any atom is 0.251 e. The lowest BCUT2D eigenvalue weighted by Crippen LogP contribution is -2.26. The first kappa shape index (κ1) is 16.7. The van der Waals surface area contributed by atoms with Gasteiger partial charge in [-0.2, -0.15) is 0 Å². The molecule has 0 saturated heterocycles. The van der Waals surface area contributed by atoms with Gasteiger partial charge in [-0.1, -0.05) is 18.2 Å². The number of nitrogens with zero attached hydrogens (tertiary/aromatic N) is 2. The summed E-state index contributed by atoms with van der Waals surface area (Å²) in [5, 5.41) is 5.98. The molecule has 0 aliphatic rings. The zero-order valence-corrected chi connectivity index (χ0v) is 15.7. The maximum absolute atomic E-state index is 12.2. The lowest BCUT2D eigenvalue weighted by atomic mass is 10.2. The van der Waals surface area contributed by atoms with E-state index in [2.05, 4.69) is 26.2 Å². The van der Waals surface area contributed by atoms with Crippen molar-refractivity contribution in [3.8, 4) is 11.5 Å². The van der Waals surface area contributed by atoms with Crippen LogP contribution in [0.25, 0.3) is 22.4 Å². The molecule has 0 spiro atoms. The third-order valence-electron chi connectivity index (χ3n) is 3.69. The molecule has 6 nitrogen and oxygen atoms in total. The molecule has 4 aromatic rings. The normalized spacial score (nSPS) is 11.0. The molecule has 3 heterocycles. The van der Waals surface area contributed by atoms with Gasteiger partial charge in [0, 0.05) is 27.5 Å². The third-order valence-corrected chi connectivity index (χ3v) is 4.92. The van der Waals surface area contributed by atoms with Gasteiger partial charge in [0.25, 0.3) is 5.56 Å². The predicted molar refractivity (Wildman–Crippen MR) is 104 cm³/mol. The van der Waals surface area contributed by atoms with Crippen LogP contribution in [0.5, 0.6) is 0 Å². The second-order valence-corrected chi connectivity index (χ2v) is 7.32. The van der Waals surface area contributed by atoms with Crippen LogP contribution >= 0.6 is 27.3 Å². The standard InChI is InChI=1S/C18H12BrN3O3S/c19-12-5-6-17(24)22(8-12)9-16(23)21-18-20-13(10-26-18)15-7-11-3-1-2-4-14(11)25-15/h1-8,10H,9H2,(H,20,21,23). The number of benzene rings is 1. The van der Waals surface area contributed by atoms with E-state index in [0.717, 1.165) is 15.4 Å². The van der Waals surface area contributed by atoms with Gasteiger partial charge in [-0.25, -0.2) is 4.98 Å². The second-order valence-electron chi connectivity index (χ2n) is 5.55. The van der Waals surface area contributed by atoms with Crippen molar-refractivity contribution in [1.29, 1.82) is 0 Å². The molecule has 1 aromatic carbocycles. The van der Waals surface area contributed by atoms with Crippen LogP contribution in [-0.2, 0) is 11.3 Å². The molecule has 0 atom stereocenters. The van der Waals surface area contributed by atoms with Crippen LogP contribution in [0.4, 0.5) is 5.13 Å². The largest absolute Gasteiger partial charge is 0.454 e. The highest BCUT2D eigenvalue weighted by atomic mass is 79.9. The molecule has 0 unspecified atom stereocenters. The summed E-state index contributed by atoms with van der Waals surface area (Å²) < 4.78 is 7.83. The van der Waals surface area contributed by atoms with Crippen molar-refractivity contribution in [2.75, 3.05) is 5.32 Å². The van der Waals surface area contributed by atoms with Crippen molar-refractivity contribution in [2.45, 2.75) is 6.54 Å². The number of thiazole rings is 1. The number of para-hydroxylation sites is 1. The number of nitrogens with one attached hydrogen (secondary N) is 1. The summed E-state index contributed by atoms with van der Waals surface area (Å²) >= 11 is 4.59. The summed E-state index contributed by atoms with van der Waals surface area (Å²) in [5.74, 6) is 0.321. The fourth-order valence-electron chi connectivity index (χ4n) is 2.49. The van der Waals surface area contributed by atoms with E-state index in [0.29, 0.717) is 16.6 Å². The van der Waals surface area contributed by atoms with Crippen molar-refractivity contribution < 1.29 is 9.21 Å². The van der Waals surface area contributed by atoms with Crippen molar-refractivity contribution in [2.24, 2.45) is 0 Å². The Morgan fingerprint density at radius 2 is 2.12 bits per heavy atom. The van der Waals surface area contributed by atoms with Gasteiger partial charge in [-0.05, 0) is 34.1 Å². The Kier molecular flexibility index (Phi) is 4.44. The number of carbonyl (C=O) groups excluding carboxylic acids is 1. The summed E-state index contributed by atoms with van der Waals surface area (Å²) in [6.45, 7) is -0.0855. The van der Waals surface area contributed by atoms with E-state index >= 15 is 0 Å². The number of pyridine rings is 1. The van der Waals surface area contributed by atoms with Gasteiger partial charge in [-0.3, -0.25) is 9.59 Å². The molecule has 130 valence electrons. The predicted octanol–water partition coefficient (Wildman–Crippen LogP) is 4.12. The second kappa shape index (κ2) is 6.89. The first-order valence-corrected chi connectivity index (χ1v) is 9.36. The summed E-state index contributed by atoms with van der Waals surface area (Å²) in [5.41, 5.74) is 1.20. The van der Waals surface area contributed by atoms with Crippen LogP contribution in [0.1, 0.15) is 0 Å². The molecular formula is C18H12BrN3O3S.